The number of benzene rings is 2. The van der Waals surface area contributed by atoms with E-state index in [-0.39, 0.29) is 36.2 Å². The maximum Gasteiger partial charge on any atom is 0.411 e. The molecule has 2 aromatic carbocycles. The van der Waals surface area contributed by atoms with E-state index in [0.717, 1.165) is 35.1 Å². The lowest BCUT2D eigenvalue weighted by atomic mass is 9.98. The molecule has 1 unspecified atom stereocenters. The molecule has 0 aliphatic heterocycles. The predicted molar refractivity (Wildman–Crippen MR) is 129 cm³/mol. The second-order valence-electron chi connectivity index (χ2n) is 8.87. The monoisotopic (exact) mass is 471 g/mol. The first-order valence-corrected chi connectivity index (χ1v) is 11.6. The third kappa shape index (κ3) is 4.87. The summed E-state index contributed by atoms with van der Waals surface area (Å²) in [6, 6.07) is 18.8. The number of anilines is 1. The molecule has 35 heavy (non-hydrogen) atoms. The van der Waals surface area contributed by atoms with E-state index in [1.54, 1.807) is 12.1 Å². The lowest BCUT2D eigenvalue weighted by Crippen LogP contribution is -2.39. The zero-order valence-corrected chi connectivity index (χ0v) is 18.9. The van der Waals surface area contributed by atoms with Crippen LogP contribution in [0.3, 0.4) is 0 Å². The smallest absolute Gasteiger partial charge is 0.411 e. The molecule has 178 valence electrons. The van der Waals surface area contributed by atoms with Gasteiger partial charge in [-0.05, 0) is 53.1 Å². The number of pyridine rings is 1. The van der Waals surface area contributed by atoms with Gasteiger partial charge in [-0.3, -0.25) is 14.9 Å². The van der Waals surface area contributed by atoms with Crippen LogP contribution in [0.1, 0.15) is 46.8 Å². The maximum absolute atomic E-state index is 12.9. The number of hydrogen-bond donors (Lipinski definition) is 3. The molecule has 8 nitrogen and oxygen atoms in total. The van der Waals surface area contributed by atoms with E-state index in [9.17, 15) is 14.4 Å². The van der Waals surface area contributed by atoms with E-state index < -0.39 is 24.0 Å². The summed E-state index contributed by atoms with van der Waals surface area (Å²) in [6.45, 7) is 0.143. The molecule has 2 amide bonds. The van der Waals surface area contributed by atoms with Crippen molar-refractivity contribution in [2.24, 2.45) is 5.92 Å². The van der Waals surface area contributed by atoms with Crippen LogP contribution in [-0.4, -0.2) is 40.7 Å². The molecule has 5 rings (SSSR count). The number of hydrogen-bond acceptors (Lipinski definition) is 5. The number of carbonyl (C=O) groups excluding carboxylic acids is 2. The second kappa shape index (κ2) is 9.58. The van der Waals surface area contributed by atoms with Crippen LogP contribution in [0.2, 0.25) is 0 Å². The Morgan fingerprint density at radius 3 is 2.26 bits per heavy atom. The summed E-state index contributed by atoms with van der Waals surface area (Å²) < 4.78 is 5.57. The minimum absolute atomic E-state index is 0.0112. The van der Waals surface area contributed by atoms with Crippen molar-refractivity contribution in [1.29, 1.82) is 0 Å². The Morgan fingerprint density at radius 2 is 1.63 bits per heavy atom. The molecular formula is C27H25N3O5. The Kier molecular flexibility index (Phi) is 6.18. The van der Waals surface area contributed by atoms with Gasteiger partial charge in [-0.2, -0.15) is 0 Å². The summed E-state index contributed by atoms with van der Waals surface area (Å²) in [5.41, 5.74) is 4.69. The molecule has 3 aromatic rings. The summed E-state index contributed by atoms with van der Waals surface area (Å²) in [4.78, 5) is 40.8. The highest BCUT2D eigenvalue weighted by Crippen LogP contribution is 2.44. The number of fused-ring (bicyclic) bond motifs is 3. The molecule has 0 spiro atoms. The topological polar surface area (TPSA) is 118 Å². The van der Waals surface area contributed by atoms with Gasteiger partial charge in [0.25, 0.3) is 5.91 Å². The van der Waals surface area contributed by atoms with Crippen LogP contribution in [0, 0.1) is 5.92 Å². The molecule has 1 aromatic heterocycles. The predicted octanol–water partition coefficient (Wildman–Crippen LogP) is 4.43. The zero-order chi connectivity index (χ0) is 24.4. The second-order valence-corrected chi connectivity index (χ2v) is 8.87. The molecule has 0 saturated heterocycles. The number of aliphatic carboxylic acids is 1. The molecule has 0 radical (unpaired) electrons. The van der Waals surface area contributed by atoms with Crippen molar-refractivity contribution in [1.82, 2.24) is 10.3 Å². The Labute approximate surface area is 202 Å². The molecule has 2 aliphatic carbocycles. The number of ether oxygens (including phenoxy) is 1. The number of aromatic nitrogens is 1. The Morgan fingerprint density at radius 1 is 0.971 bits per heavy atom. The lowest BCUT2D eigenvalue weighted by molar-refractivity contribution is -0.137. The van der Waals surface area contributed by atoms with Crippen LogP contribution < -0.4 is 10.6 Å². The Bertz CT molecular complexity index is 1240. The van der Waals surface area contributed by atoms with E-state index in [0.29, 0.717) is 0 Å². The highest BCUT2D eigenvalue weighted by atomic mass is 16.5. The van der Waals surface area contributed by atoms with Gasteiger partial charge in [0.2, 0.25) is 0 Å². The van der Waals surface area contributed by atoms with Crippen LogP contribution in [-0.2, 0) is 9.53 Å². The Balaban J connectivity index is 1.26. The van der Waals surface area contributed by atoms with Crippen LogP contribution in [0.25, 0.3) is 11.1 Å². The average Bonchev–Trinajstić information content (AvgIpc) is 3.65. The van der Waals surface area contributed by atoms with Gasteiger partial charge < -0.3 is 15.2 Å². The van der Waals surface area contributed by atoms with Crippen molar-refractivity contribution >= 4 is 23.7 Å². The van der Waals surface area contributed by atoms with Crippen molar-refractivity contribution in [2.45, 2.75) is 31.2 Å². The fourth-order valence-electron chi connectivity index (χ4n) is 4.69. The summed E-state index contributed by atoms with van der Waals surface area (Å²) in [5.74, 6) is -1.43. The summed E-state index contributed by atoms with van der Waals surface area (Å²) in [6.07, 6.45) is 2.36. The van der Waals surface area contributed by atoms with Crippen molar-refractivity contribution in [3.63, 3.8) is 0 Å². The van der Waals surface area contributed by atoms with Crippen molar-refractivity contribution < 1.29 is 24.2 Å². The maximum atomic E-state index is 12.9. The zero-order valence-electron chi connectivity index (χ0n) is 18.9. The first-order chi connectivity index (χ1) is 17.0. The first kappa shape index (κ1) is 22.6. The molecule has 8 heteroatoms. The van der Waals surface area contributed by atoms with Crippen LogP contribution in [0.5, 0.6) is 0 Å². The number of rotatable bonds is 8. The van der Waals surface area contributed by atoms with E-state index in [1.807, 2.05) is 36.4 Å². The summed E-state index contributed by atoms with van der Waals surface area (Å²) >= 11 is 0. The first-order valence-electron chi connectivity index (χ1n) is 11.6. The molecule has 1 heterocycles. The third-order valence-electron chi connectivity index (χ3n) is 6.51. The molecule has 1 fully saturated rings. The van der Waals surface area contributed by atoms with Gasteiger partial charge in [0.15, 0.2) is 5.69 Å². The Hall–Kier alpha value is -4.20. The lowest BCUT2D eigenvalue weighted by Gasteiger charge is -2.18. The van der Waals surface area contributed by atoms with Gasteiger partial charge in [-0.25, -0.2) is 9.78 Å². The van der Waals surface area contributed by atoms with E-state index in [1.165, 1.54) is 6.20 Å². The molecular weight excluding hydrogens is 446 g/mol. The number of nitrogens with zero attached hydrogens (tertiary/aromatic N) is 1. The molecule has 1 atom stereocenters. The SMILES string of the molecule is O=C(O)CC(NC(=O)c1ncccc1NC(=O)OCC1c2ccccc2-c2ccccc21)C1CC1. The van der Waals surface area contributed by atoms with Gasteiger partial charge in [-0.15, -0.1) is 0 Å². The normalized spacial score (nSPS) is 15.0. The average molecular weight is 472 g/mol. The number of carboxylic acids is 1. The van der Waals surface area contributed by atoms with Gasteiger partial charge in [0, 0.05) is 18.2 Å². The molecule has 3 N–H and O–H groups in total. The minimum Gasteiger partial charge on any atom is -0.481 e. The number of amides is 2. The quantitative estimate of drug-likeness (QED) is 0.448. The third-order valence-corrected chi connectivity index (χ3v) is 6.51. The number of carboxylic acid groups (broad SMARTS) is 1. The fourth-order valence-corrected chi connectivity index (χ4v) is 4.69. The molecule has 1 saturated carbocycles. The van der Waals surface area contributed by atoms with E-state index in [2.05, 4.69) is 27.8 Å². The molecule has 2 aliphatic rings. The highest BCUT2D eigenvalue weighted by molar-refractivity contribution is 6.01. The van der Waals surface area contributed by atoms with Gasteiger partial charge in [-0.1, -0.05) is 48.5 Å². The van der Waals surface area contributed by atoms with Crippen molar-refractivity contribution in [3.05, 3.63) is 83.7 Å². The van der Waals surface area contributed by atoms with Gasteiger partial charge in [0.05, 0.1) is 12.1 Å². The summed E-state index contributed by atoms with van der Waals surface area (Å²) in [5, 5.41) is 14.5. The van der Waals surface area contributed by atoms with Crippen molar-refractivity contribution in [3.8, 4) is 11.1 Å². The van der Waals surface area contributed by atoms with Crippen LogP contribution in [0.15, 0.2) is 66.9 Å². The van der Waals surface area contributed by atoms with Gasteiger partial charge in [0.1, 0.15) is 6.61 Å². The fraction of sp³-hybridized carbons (Fsp3) is 0.259. The number of carbonyl (C=O) groups is 3. The highest BCUT2D eigenvalue weighted by Gasteiger charge is 2.34. The largest absolute Gasteiger partial charge is 0.481 e. The van der Waals surface area contributed by atoms with Crippen molar-refractivity contribution in [2.75, 3.05) is 11.9 Å². The van der Waals surface area contributed by atoms with E-state index in [4.69, 9.17) is 9.84 Å². The number of nitrogens with one attached hydrogen (secondary N) is 2. The van der Waals surface area contributed by atoms with E-state index >= 15 is 0 Å². The summed E-state index contributed by atoms with van der Waals surface area (Å²) in [7, 11) is 0. The minimum atomic E-state index is -0.972. The van der Waals surface area contributed by atoms with Crippen LogP contribution in [0.4, 0.5) is 10.5 Å². The van der Waals surface area contributed by atoms with Gasteiger partial charge >= 0.3 is 12.1 Å². The standard InChI is InChI=1S/C27H25N3O5/c31-24(32)14-23(16-11-12-16)29-26(33)25-22(10-5-13-28-25)30-27(34)35-15-21-19-8-3-1-6-17(19)18-7-2-4-9-20(18)21/h1-10,13,16,21,23H,11-12,14-15H2,(H,29,33)(H,30,34)(H,31,32). The molecule has 0 bridgehead atoms. The van der Waals surface area contributed by atoms with Crippen LogP contribution >= 0.6 is 0 Å².